The molecule has 0 saturated carbocycles. The van der Waals surface area contributed by atoms with Gasteiger partial charge in [0.1, 0.15) is 0 Å². The van der Waals surface area contributed by atoms with Gasteiger partial charge in [0.2, 0.25) is 5.91 Å². The molecule has 2 aromatic rings. The van der Waals surface area contributed by atoms with Crippen molar-refractivity contribution >= 4 is 40.5 Å². The molecule has 1 heterocycles. The number of amides is 1. The molecule has 5 heteroatoms. The molecule has 114 valence electrons. The van der Waals surface area contributed by atoms with E-state index < -0.39 is 0 Å². The zero-order valence-electron chi connectivity index (χ0n) is 12.1. The van der Waals surface area contributed by atoms with Gasteiger partial charge in [-0.25, -0.2) is 0 Å². The molecular formula is C17H16Cl2N2O. The monoisotopic (exact) mass is 334 g/mol. The van der Waals surface area contributed by atoms with E-state index in [0.29, 0.717) is 21.8 Å². The number of carbonyl (C=O) groups is 1. The Labute approximate surface area is 139 Å². The standard InChI is InChI=1S/C17H16Cl2N2O/c1-11-9-12-5-2-3-8-15(12)21(11)10-16(22)20-17-13(18)6-4-7-14(17)19/h2-8,11H,9-10H2,1H3,(H,20,22)/t11-/m1/s1. The van der Waals surface area contributed by atoms with Crippen LogP contribution in [-0.4, -0.2) is 18.5 Å². The summed E-state index contributed by atoms with van der Waals surface area (Å²) in [5.41, 5.74) is 2.87. The normalized spacial score (nSPS) is 16.5. The molecule has 0 aliphatic carbocycles. The predicted octanol–water partition coefficient (Wildman–Crippen LogP) is 4.38. The van der Waals surface area contributed by atoms with Gasteiger partial charge in [0.05, 0.1) is 22.3 Å². The lowest BCUT2D eigenvalue weighted by atomic mass is 10.1. The zero-order valence-corrected chi connectivity index (χ0v) is 13.7. The molecule has 0 radical (unpaired) electrons. The highest BCUT2D eigenvalue weighted by molar-refractivity contribution is 6.39. The van der Waals surface area contributed by atoms with Crippen LogP contribution in [0.3, 0.4) is 0 Å². The average molecular weight is 335 g/mol. The van der Waals surface area contributed by atoms with Crippen molar-refractivity contribution < 1.29 is 4.79 Å². The van der Waals surface area contributed by atoms with Gasteiger partial charge in [-0.1, -0.05) is 47.5 Å². The van der Waals surface area contributed by atoms with Crippen LogP contribution in [-0.2, 0) is 11.2 Å². The summed E-state index contributed by atoms with van der Waals surface area (Å²) in [4.78, 5) is 14.5. The van der Waals surface area contributed by atoms with E-state index in [1.807, 2.05) is 12.1 Å². The first kappa shape index (κ1) is 15.2. The Morgan fingerprint density at radius 3 is 2.59 bits per heavy atom. The molecule has 1 atom stereocenters. The number of fused-ring (bicyclic) bond motifs is 1. The molecular weight excluding hydrogens is 319 g/mol. The first-order valence-electron chi connectivity index (χ1n) is 7.14. The minimum absolute atomic E-state index is 0.126. The third-order valence-electron chi connectivity index (χ3n) is 3.89. The number of anilines is 2. The molecule has 0 spiro atoms. The summed E-state index contributed by atoms with van der Waals surface area (Å²) < 4.78 is 0. The summed E-state index contributed by atoms with van der Waals surface area (Å²) in [5.74, 6) is -0.126. The Kier molecular flexibility index (Phi) is 4.27. The fourth-order valence-electron chi connectivity index (χ4n) is 2.82. The number of hydrogen-bond donors (Lipinski definition) is 1. The highest BCUT2D eigenvalue weighted by Gasteiger charge is 2.27. The van der Waals surface area contributed by atoms with Crippen LogP contribution in [0.2, 0.25) is 10.0 Å². The molecule has 0 unspecified atom stereocenters. The second kappa shape index (κ2) is 6.19. The van der Waals surface area contributed by atoms with Crippen LogP contribution in [0.1, 0.15) is 12.5 Å². The van der Waals surface area contributed by atoms with E-state index in [-0.39, 0.29) is 12.5 Å². The van der Waals surface area contributed by atoms with Gasteiger partial charge in [-0.05, 0) is 37.1 Å². The summed E-state index contributed by atoms with van der Waals surface area (Å²) >= 11 is 12.2. The van der Waals surface area contributed by atoms with Crippen LogP contribution >= 0.6 is 23.2 Å². The van der Waals surface area contributed by atoms with Gasteiger partial charge in [-0.3, -0.25) is 4.79 Å². The Bertz CT molecular complexity index is 697. The minimum Gasteiger partial charge on any atom is -0.359 e. The molecule has 22 heavy (non-hydrogen) atoms. The summed E-state index contributed by atoms with van der Waals surface area (Å²) in [5, 5.41) is 3.69. The largest absolute Gasteiger partial charge is 0.359 e. The maximum Gasteiger partial charge on any atom is 0.243 e. The second-order valence-electron chi connectivity index (χ2n) is 5.45. The second-order valence-corrected chi connectivity index (χ2v) is 6.27. The highest BCUT2D eigenvalue weighted by atomic mass is 35.5. The van der Waals surface area contributed by atoms with Gasteiger partial charge in [-0.2, -0.15) is 0 Å². The van der Waals surface area contributed by atoms with Crippen LogP contribution in [0.25, 0.3) is 0 Å². The molecule has 2 aromatic carbocycles. The summed E-state index contributed by atoms with van der Waals surface area (Å²) in [6.07, 6.45) is 0.955. The number of nitrogens with one attached hydrogen (secondary N) is 1. The predicted molar refractivity (Wildman–Crippen MR) is 92.0 cm³/mol. The molecule has 3 nitrogen and oxygen atoms in total. The fraction of sp³-hybridized carbons (Fsp3) is 0.235. The van der Waals surface area contributed by atoms with Crippen LogP contribution in [0, 0.1) is 0 Å². The van der Waals surface area contributed by atoms with E-state index in [1.54, 1.807) is 18.2 Å². The van der Waals surface area contributed by atoms with E-state index in [9.17, 15) is 4.79 Å². The van der Waals surface area contributed by atoms with Gasteiger partial charge in [0, 0.05) is 11.7 Å². The number of benzene rings is 2. The number of carbonyl (C=O) groups excluding carboxylic acids is 1. The van der Waals surface area contributed by atoms with Gasteiger partial charge in [0.25, 0.3) is 0 Å². The fourth-order valence-corrected chi connectivity index (χ4v) is 3.31. The Morgan fingerprint density at radius 2 is 1.86 bits per heavy atom. The van der Waals surface area contributed by atoms with Crippen LogP contribution < -0.4 is 10.2 Å². The van der Waals surface area contributed by atoms with E-state index in [0.717, 1.165) is 12.1 Å². The Balaban J connectivity index is 1.75. The van der Waals surface area contributed by atoms with E-state index in [2.05, 4.69) is 29.3 Å². The van der Waals surface area contributed by atoms with E-state index >= 15 is 0 Å². The van der Waals surface area contributed by atoms with Crippen molar-refractivity contribution in [3.63, 3.8) is 0 Å². The number of hydrogen-bond acceptors (Lipinski definition) is 2. The third kappa shape index (κ3) is 2.92. The molecule has 1 aliphatic rings. The molecule has 0 bridgehead atoms. The number of nitrogens with zero attached hydrogens (tertiary/aromatic N) is 1. The maximum atomic E-state index is 12.4. The number of rotatable bonds is 3. The first-order chi connectivity index (χ1) is 10.6. The van der Waals surface area contributed by atoms with Crippen molar-refractivity contribution in [3.05, 3.63) is 58.1 Å². The van der Waals surface area contributed by atoms with Crippen molar-refractivity contribution in [1.29, 1.82) is 0 Å². The molecule has 0 saturated heterocycles. The van der Waals surface area contributed by atoms with Crippen molar-refractivity contribution in [3.8, 4) is 0 Å². The maximum absolute atomic E-state index is 12.4. The lowest BCUT2D eigenvalue weighted by Crippen LogP contribution is -2.37. The molecule has 1 N–H and O–H groups in total. The van der Waals surface area contributed by atoms with Crippen molar-refractivity contribution in [1.82, 2.24) is 0 Å². The SMILES string of the molecule is C[C@@H]1Cc2ccccc2N1CC(=O)Nc1c(Cl)cccc1Cl. The number of halogens is 2. The minimum atomic E-state index is -0.126. The smallest absolute Gasteiger partial charge is 0.243 e. The summed E-state index contributed by atoms with van der Waals surface area (Å²) in [6, 6.07) is 13.6. The first-order valence-corrected chi connectivity index (χ1v) is 7.90. The topological polar surface area (TPSA) is 32.3 Å². The van der Waals surface area contributed by atoms with E-state index in [1.165, 1.54) is 5.56 Å². The van der Waals surface area contributed by atoms with Crippen LogP contribution in [0.4, 0.5) is 11.4 Å². The zero-order chi connectivity index (χ0) is 15.7. The Hall–Kier alpha value is -1.71. The summed E-state index contributed by atoms with van der Waals surface area (Å²) in [7, 11) is 0. The molecule has 3 rings (SSSR count). The van der Waals surface area contributed by atoms with Crippen LogP contribution in [0.5, 0.6) is 0 Å². The quantitative estimate of drug-likeness (QED) is 0.903. The van der Waals surface area contributed by atoms with Gasteiger partial charge in [0.15, 0.2) is 0 Å². The highest BCUT2D eigenvalue weighted by Crippen LogP contribution is 2.32. The van der Waals surface area contributed by atoms with Crippen LogP contribution in [0.15, 0.2) is 42.5 Å². The molecule has 0 aromatic heterocycles. The third-order valence-corrected chi connectivity index (χ3v) is 4.52. The number of para-hydroxylation sites is 2. The summed E-state index contributed by atoms with van der Waals surface area (Å²) in [6.45, 7) is 2.40. The van der Waals surface area contributed by atoms with Gasteiger partial charge in [-0.15, -0.1) is 0 Å². The van der Waals surface area contributed by atoms with Gasteiger partial charge >= 0.3 is 0 Å². The lowest BCUT2D eigenvalue weighted by molar-refractivity contribution is -0.115. The van der Waals surface area contributed by atoms with Crippen molar-refractivity contribution in [2.24, 2.45) is 0 Å². The van der Waals surface area contributed by atoms with Crippen molar-refractivity contribution in [2.45, 2.75) is 19.4 Å². The average Bonchev–Trinajstić information content (AvgIpc) is 2.79. The Morgan fingerprint density at radius 1 is 1.18 bits per heavy atom. The molecule has 1 amide bonds. The van der Waals surface area contributed by atoms with E-state index in [4.69, 9.17) is 23.2 Å². The van der Waals surface area contributed by atoms with Gasteiger partial charge < -0.3 is 10.2 Å². The van der Waals surface area contributed by atoms with Crippen molar-refractivity contribution in [2.75, 3.05) is 16.8 Å². The lowest BCUT2D eigenvalue weighted by Gasteiger charge is -2.24. The molecule has 0 fully saturated rings. The molecule has 1 aliphatic heterocycles.